The van der Waals surface area contributed by atoms with Crippen molar-refractivity contribution in [2.24, 2.45) is 0 Å². The summed E-state index contributed by atoms with van der Waals surface area (Å²) < 4.78 is 13.1. The lowest BCUT2D eigenvalue weighted by Gasteiger charge is -2.44. The van der Waals surface area contributed by atoms with Gasteiger partial charge in [0.15, 0.2) is 0 Å². The smallest absolute Gasteiger partial charge is 0.253 e. The first-order chi connectivity index (χ1) is 13.6. The Morgan fingerprint density at radius 3 is 2.39 bits per heavy atom. The molecule has 2 aliphatic rings. The van der Waals surface area contributed by atoms with Gasteiger partial charge in [-0.1, -0.05) is 18.2 Å². The number of rotatable bonds is 3. The normalized spacial score (nSPS) is 21.0. The number of carbonyl (C=O) groups excluding carboxylic acids is 1. The number of piperazine rings is 1. The fourth-order valence-corrected chi connectivity index (χ4v) is 4.46. The van der Waals surface area contributed by atoms with Crippen LogP contribution in [-0.4, -0.2) is 61.0 Å². The highest BCUT2D eigenvalue weighted by Crippen LogP contribution is 2.24. The van der Waals surface area contributed by atoms with Gasteiger partial charge in [0.1, 0.15) is 5.82 Å². The van der Waals surface area contributed by atoms with E-state index in [-0.39, 0.29) is 11.7 Å². The third-order valence-corrected chi connectivity index (χ3v) is 6.06. The van der Waals surface area contributed by atoms with Crippen LogP contribution in [0.1, 0.15) is 28.8 Å². The fourth-order valence-electron chi connectivity index (χ4n) is 4.46. The molecule has 148 valence electrons. The van der Waals surface area contributed by atoms with E-state index in [1.165, 1.54) is 23.4 Å². The van der Waals surface area contributed by atoms with Crippen LogP contribution < -0.4 is 4.90 Å². The zero-order chi connectivity index (χ0) is 19.5. The molecular formula is C23H28FN3O. The van der Waals surface area contributed by atoms with Crippen molar-refractivity contribution in [2.75, 3.05) is 44.2 Å². The third-order valence-electron chi connectivity index (χ3n) is 6.06. The van der Waals surface area contributed by atoms with Crippen LogP contribution in [0.5, 0.6) is 0 Å². The minimum atomic E-state index is -0.306. The summed E-state index contributed by atoms with van der Waals surface area (Å²) in [6.07, 6.45) is 2.16. The van der Waals surface area contributed by atoms with Crippen LogP contribution in [0.4, 0.5) is 10.1 Å². The Balaban J connectivity index is 1.36. The Morgan fingerprint density at radius 1 is 0.964 bits per heavy atom. The number of amides is 1. The molecule has 1 atom stereocenters. The van der Waals surface area contributed by atoms with Crippen LogP contribution in [-0.2, 0) is 0 Å². The van der Waals surface area contributed by atoms with Crippen molar-refractivity contribution in [3.8, 4) is 0 Å². The molecule has 0 N–H and O–H groups in total. The van der Waals surface area contributed by atoms with Crippen LogP contribution in [0.2, 0.25) is 0 Å². The molecule has 0 saturated carbocycles. The maximum Gasteiger partial charge on any atom is 0.253 e. The van der Waals surface area contributed by atoms with Crippen LogP contribution >= 0.6 is 0 Å². The molecule has 2 saturated heterocycles. The number of aryl methyl sites for hydroxylation is 1. The lowest BCUT2D eigenvalue weighted by molar-refractivity contribution is 0.0563. The van der Waals surface area contributed by atoms with Gasteiger partial charge in [0.2, 0.25) is 0 Å². The molecule has 0 spiro atoms. The van der Waals surface area contributed by atoms with Crippen molar-refractivity contribution >= 4 is 11.6 Å². The van der Waals surface area contributed by atoms with E-state index in [1.54, 1.807) is 12.1 Å². The zero-order valence-electron chi connectivity index (χ0n) is 16.5. The van der Waals surface area contributed by atoms with E-state index in [0.29, 0.717) is 11.6 Å². The first-order valence-electron chi connectivity index (χ1n) is 10.2. The molecule has 5 heteroatoms. The molecule has 0 bridgehead atoms. The van der Waals surface area contributed by atoms with Crippen LogP contribution in [0.15, 0.2) is 48.5 Å². The van der Waals surface area contributed by atoms with Crippen molar-refractivity contribution < 1.29 is 9.18 Å². The molecule has 0 aliphatic carbocycles. The lowest BCUT2D eigenvalue weighted by Crippen LogP contribution is -2.56. The summed E-state index contributed by atoms with van der Waals surface area (Å²) in [5.74, 6) is -0.289. The number of carbonyl (C=O) groups is 1. The molecule has 4 nitrogen and oxygen atoms in total. The monoisotopic (exact) mass is 381 g/mol. The van der Waals surface area contributed by atoms with Crippen LogP contribution in [0, 0.1) is 12.7 Å². The fraction of sp³-hybridized carbons (Fsp3) is 0.435. The number of likely N-dealkylation sites (tertiary alicyclic amines) is 1. The number of anilines is 1. The van der Waals surface area contributed by atoms with E-state index >= 15 is 0 Å². The molecule has 1 unspecified atom stereocenters. The van der Waals surface area contributed by atoms with Gasteiger partial charge < -0.3 is 9.80 Å². The summed E-state index contributed by atoms with van der Waals surface area (Å²) in [6, 6.07) is 14.9. The highest BCUT2D eigenvalue weighted by atomic mass is 19.1. The van der Waals surface area contributed by atoms with Gasteiger partial charge in [-0.3, -0.25) is 9.69 Å². The van der Waals surface area contributed by atoms with Crippen LogP contribution in [0.3, 0.4) is 0 Å². The molecule has 2 fully saturated rings. The predicted octanol–water partition coefficient (Wildman–Crippen LogP) is 3.56. The standard InChI is InChI=1S/C23H28FN3O/c1-18-5-2-3-7-22(18)26-15-13-25(14-16-26)21-6-4-12-27(17-21)23(28)19-8-10-20(24)11-9-19/h2-3,5,7-11,21H,4,6,12-17H2,1H3. The van der Waals surface area contributed by atoms with E-state index in [9.17, 15) is 9.18 Å². The number of hydrogen-bond donors (Lipinski definition) is 0. The van der Waals surface area contributed by atoms with Crippen molar-refractivity contribution in [3.05, 3.63) is 65.5 Å². The molecule has 4 rings (SSSR count). The first-order valence-corrected chi connectivity index (χ1v) is 10.2. The molecule has 0 radical (unpaired) electrons. The number of hydrogen-bond acceptors (Lipinski definition) is 3. The first kappa shape index (κ1) is 18.9. The maximum absolute atomic E-state index is 13.1. The van der Waals surface area contributed by atoms with Gasteiger partial charge in [0.25, 0.3) is 5.91 Å². The summed E-state index contributed by atoms with van der Waals surface area (Å²) in [4.78, 5) is 19.7. The average molecular weight is 381 g/mol. The quantitative estimate of drug-likeness (QED) is 0.813. The topological polar surface area (TPSA) is 26.8 Å². The van der Waals surface area contributed by atoms with Gasteiger partial charge in [-0.05, 0) is 55.7 Å². The third kappa shape index (κ3) is 4.04. The second-order valence-electron chi connectivity index (χ2n) is 7.86. The summed E-state index contributed by atoms with van der Waals surface area (Å²) in [7, 11) is 0. The van der Waals surface area contributed by atoms with E-state index in [1.807, 2.05) is 4.90 Å². The average Bonchev–Trinajstić information content (AvgIpc) is 2.74. The van der Waals surface area contributed by atoms with E-state index in [4.69, 9.17) is 0 Å². The van der Waals surface area contributed by atoms with Gasteiger partial charge in [0, 0.05) is 56.6 Å². The molecule has 2 aromatic rings. The summed E-state index contributed by atoms with van der Waals surface area (Å²) >= 11 is 0. The molecule has 1 amide bonds. The number of para-hydroxylation sites is 1. The second kappa shape index (κ2) is 8.31. The highest BCUT2D eigenvalue weighted by molar-refractivity contribution is 5.94. The van der Waals surface area contributed by atoms with Gasteiger partial charge in [-0.2, -0.15) is 0 Å². The Hall–Kier alpha value is -2.40. The van der Waals surface area contributed by atoms with Crippen LogP contribution in [0.25, 0.3) is 0 Å². The Morgan fingerprint density at radius 2 is 1.68 bits per heavy atom. The van der Waals surface area contributed by atoms with Gasteiger partial charge in [-0.15, -0.1) is 0 Å². The molecular weight excluding hydrogens is 353 g/mol. The number of benzene rings is 2. The molecule has 2 heterocycles. The predicted molar refractivity (Wildman–Crippen MR) is 110 cm³/mol. The van der Waals surface area contributed by atoms with Gasteiger partial charge in [-0.25, -0.2) is 4.39 Å². The van der Waals surface area contributed by atoms with Crippen molar-refractivity contribution in [1.29, 1.82) is 0 Å². The zero-order valence-corrected chi connectivity index (χ0v) is 16.5. The van der Waals surface area contributed by atoms with Crippen molar-refractivity contribution in [1.82, 2.24) is 9.80 Å². The molecule has 2 aliphatic heterocycles. The van der Waals surface area contributed by atoms with E-state index in [2.05, 4.69) is 41.0 Å². The summed E-state index contributed by atoms with van der Waals surface area (Å²) in [6.45, 7) is 7.81. The number of nitrogens with zero attached hydrogens (tertiary/aromatic N) is 3. The number of piperidine rings is 1. The SMILES string of the molecule is Cc1ccccc1N1CCN(C2CCCN(C(=O)c3ccc(F)cc3)C2)CC1. The largest absolute Gasteiger partial charge is 0.369 e. The Kier molecular flexibility index (Phi) is 5.62. The maximum atomic E-state index is 13.1. The lowest BCUT2D eigenvalue weighted by atomic mass is 10.0. The molecule has 28 heavy (non-hydrogen) atoms. The summed E-state index contributed by atoms with van der Waals surface area (Å²) in [5, 5.41) is 0. The van der Waals surface area contributed by atoms with Crippen molar-refractivity contribution in [3.63, 3.8) is 0 Å². The minimum Gasteiger partial charge on any atom is -0.369 e. The van der Waals surface area contributed by atoms with E-state index < -0.39 is 0 Å². The number of halogens is 1. The second-order valence-corrected chi connectivity index (χ2v) is 7.86. The summed E-state index contributed by atoms with van der Waals surface area (Å²) in [5.41, 5.74) is 3.23. The Bertz CT molecular complexity index is 815. The molecule has 2 aromatic carbocycles. The van der Waals surface area contributed by atoms with Gasteiger partial charge >= 0.3 is 0 Å². The minimum absolute atomic E-state index is 0.0169. The Labute approximate surface area is 166 Å². The molecule has 0 aromatic heterocycles. The van der Waals surface area contributed by atoms with Crippen molar-refractivity contribution in [2.45, 2.75) is 25.8 Å². The highest BCUT2D eigenvalue weighted by Gasteiger charge is 2.30. The van der Waals surface area contributed by atoms with Gasteiger partial charge in [0.05, 0.1) is 0 Å². The van der Waals surface area contributed by atoms with E-state index in [0.717, 1.165) is 52.1 Å².